The topological polar surface area (TPSA) is 84.3 Å². The number of nitrogens with one attached hydrogen (secondary N) is 1. The zero-order chi connectivity index (χ0) is 17.1. The minimum absolute atomic E-state index is 0.0578. The molecule has 0 bridgehead atoms. The van der Waals surface area contributed by atoms with E-state index in [0.717, 1.165) is 5.56 Å². The van der Waals surface area contributed by atoms with Gasteiger partial charge in [0.2, 0.25) is 5.75 Å². The van der Waals surface area contributed by atoms with E-state index in [1.807, 2.05) is 13.0 Å². The number of aromatic amines is 1. The first-order chi connectivity index (χ1) is 11.0. The highest BCUT2D eigenvalue weighted by Crippen LogP contribution is 2.42. The number of H-pyrrole nitrogens is 1. The smallest absolute Gasteiger partial charge is 0.266 e. The lowest BCUT2D eigenvalue weighted by atomic mass is 9.95. The molecular formula is C17H18N2O4. The number of benzene rings is 1. The largest absolute Gasteiger partial charge is 0.493 e. The third-order valence-electron chi connectivity index (χ3n) is 3.78. The average molecular weight is 314 g/mol. The van der Waals surface area contributed by atoms with Gasteiger partial charge in [-0.25, -0.2) is 0 Å². The molecule has 0 radical (unpaired) electrons. The maximum absolute atomic E-state index is 12.1. The average Bonchev–Trinajstić information content (AvgIpc) is 2.56. The highest BCUT2D eigenvalue weighted by molar-refractivity contribution is 5.78. The second-order valence-corrected chi connectivity index (χ2v) is 4.98. The number of hydrogen-bond acceptors (Lipinski definition) is 5. The molecule has 1 aromatic carbocycles. The van der Waals surface area contributed by atoms with Crippen molar-refractivity contribution in [2.75, 3.05) is 21.3 Å². The predicted molar refractivity (Wildman–Crippen MR) is 86.3 cm³/mol. The molecule has 1 N–H and O–H groups in total. The van der Waals surface area contributed by atoms with Crippen LogP contribution in [0.1, 0.15) is 16.8 Å². The van der Waals surface area contributed by atoms with Crippen LogP contribution in [0.15, 0.2) is 16.9 Å². The summed E-state index contributed by atoms with van der Waals surface area (Å²) in [7, 11) is 4.55. The van der Waals surface area contributed by atoms with E-state index >= 15 is 0 Å². The van der Waals surface area contributed by atoms with Crippen LogP contribution < -0.4 is 19.8 Å². The molecule has 1 heterocycles. The zero-order valence-electron chi connectivity index (χ0n) is 13.7. The van der Waals surface area contributed by atoms with Gasteiger partial charge < -0.3 is 19.2 Å². The molecule has 0 amide bonds. The molecule has 6 heteroatoms. The quantitative estimate of drug-likeness (QED) is 0.937. The number of aromatic nitrogens is 1. The van der Waals surface area contributed by atoms with Gasteiger partial charge >= 0.3 is 0 Å². The summed E-state index contributed by atoms with van der Waals surface area (Å²) >= 11 is 0. The molecule has 0 aliphatic rings. The van der Waals surface area contributed by atoms with Crippen molar-refractivity contribution < 1.29 is 14.2 Å². The zero-order valence-corrected chi connectivity index (χ0v) is 13.7. The number of hydrogen-bond donors (Lipinski definition) is 1. The predicted octanol–water partition coefficient (Wildman–Crippen LogP) is 2.56. The lowest BCUT2D eigenvalue weighted by molar-refractivity contribution is 0.324. The highest BCUT2D eigenvalue weighted by Gasteiger charge is 2.19. The van der Waals surface area contributed by atoms with Crippen molar-refractivity contribution >= 4 is 0 Å². The summed E-state index contributed by atoms with van der Waals surface area (Å²) in [6, 6.07) is 5.43. The number of rotatable bonds is 4. The lowest BCUT2D eigenvalue weighted by Gasteiger charge is -2.16. The van der Waals surface area contributed by atoms with Gasteiger partial charge in [-0.05, 0) is 37.1 Å². The maximum Gasteiger partial charge on any atom is 0.266 e. The molecular weight excluding hydrogens is 296 g/mol. The van der Waals surface area contributed by atoms with Crippen molar-refractivity contribution in [3.05, 3.63) is 39.3 Å². The molecule has 0 atom stereocenters. The van der Waals surface area contributed by atoms with E-state index in [9.17, 15) is 10.1 Å². The summed E-state index contributed by atoms with van der Waals surface area (Å²) in [6.07, 6.45) is 0. The Morgan fingerprint density at radius 1 is 1.04 bits per heavy atom. The molecule has 2 aromatic rings. The number of aryl methyl sites for hydroxylation is 1. The van der Waals surface area contributed by atoms with E-state index in [1.165, 1.54) is 21.3 Å². The van der Waals surface area contributed by atoms with Gasteiger partial charge in [0, 0.05) is 11.3 Å². The summed E-state index contributed by atoms with van der Waals surface area (Å²) in [5.74, 6) is 1.38. The van der Waals surface area contributed by atoms with Gasteiger partial charge in [-0.15, -0.1) is 0 Å². The van der Waals surface area contributed by atoms with E-state index in [4.69, 9.17) is 14.2 Å². The number of methoxy groups -OCH3 is 3. The van der Waals surface area contributed by atoms with Crippen LogP contribution in [0.3, 0.4) is 0 Å². The van der Waals surface area contributed by atoms with Crippen molar-refractivity contribution in [3.63, 3.8) is 0 Å². The SMILES string of the molecule is COc1cc(-c2c(C)c(C)[nH]c(=O)c2C#N)cc(OC)c1OC. The summed E-state index contributed by atoms with van der Waals surface area (Å²) < 4.78 is 16.0. The Morgan fingerprint density at radius 2 is 1.61 bits per heavy atom. The van der Waals surface area contributed by atoms with Crippen LogP contribution in [-0.4, -0.2) is 26.3 Å². The monoisotopic (exact) mass is 314 g/mol. The standard InChI is InChI=1S/C17H18N2O4/c1-9-10(2)19-17(20)12(8-18)15(9)11-6-13(21-3)16(23-5)14(7-11)22-4/h6-7H,1-5H3,(H,19,20). The lowest BCUT2D eigenvalue weighted by Crippen LogP contribution is -2.15. The first-order valence-corrected chi connectivity index (χ1v) is 6.92. The minimum atomic E-state index is -0.417. The van der Waals surface area contributed by atoms with Gasteiger partial charge in [-0.1, -0.05) is 0 Å². The highest BCUT2D eigenvalue weighted by atomic mass is 16.5. The van der Waals surface area contributed by atoms with Gasteiger partial charge in [-0.2, -0.15) is 5.26 Å². The van der Waals surface area contributed by atoms with Crippen LogP contribution in [0.4, 0.5) is 0 Å². The Kier molecular flexibility index (Phi) is 4.60. The van der Waals surface area contributed by atoms with Crippen molar-refractivity contribution in [3.8, 4) is 34.4 Å². The Balaban J connectivity index is 2.88. The molecule has 0 aliphatic heterocycles. The number of nitrogens with zero attached hydrogens (tertiary/aromatic N) is 1. The maximum atomic E-state index is 12.1. The molecule has 23 heavy (non-hydrogen) atoms. The Labute approximate surface area is 134 Å². The van der Waals surface area contributed by atoms with Crippen molar-refractivity contribution in [1.29, 1.82) is 5.26 Å². The fourth-order valence-corrected chi connectivity index (χ4v) is 2.51. The van der Waals surface area contributed by atoms with E-state index in [1.54, 1.807) is 19.1 Å². The van der Waals surface area contributed by atoms with Gasteiger partial charge in [0.25, 0.3) is 5.56 Å². The van der Waals surface area contributed by atoms with Gasteiger partial charge in [0.05, 0.1) is 21.3 Å². The van der Waals surface area contributed by atoms with Crippen molar-refractivity contribution in [1.82, 2.24) is 4.98 Å². The Bertz CT molecular complexity index is 822. The van der Waals surface area contributed by atoms with Crippen LogP contribution in [0.25, 0.3) is 11.1 Å². The molecule has 0 unspecified atom stereocenters. The molecule has 1 aromatic heterocycles. The van der Waals surface area contributed by atoms with E-state index in [2.05, 4.69) is 4.98 Å². The summed E-state index contributed by atoms with van der Waals surface area (Å²) in [5.41, 5.74) is 2.38. The number of nitriles is 1. The first-order valence-electron chi connectivity index (χ1n) is 6.92. The molecule has 0 fully saturated rings. The molecule has 0 saturated carbocycles. The third-order valence-corrected chi connectivity index (χ3v) is 3.78. The van der Waals surface area contributed by atoms with E-state index in [0.29, 0.717) is 34.1 Å². The second kappa shape index (κ2) is 6.44. The molecule has 6 nitrogen and oxygen atoms in total. The molecule has 2 rings (SSSR count). The number of pyridine rings is 1. The van der Waals surface area contributed by atoms with Gasteiger partial charge in [0.15, 0.2) is 11.5 Å². The van der Waals surface area contributed by atoms with Crippen molar-refractivity contribution in [2.45, 2.75) is 13.8 Å². The number of ether oxygens (including phenoxy) is 3. The van der Waals surface area contributed by atoms with Crippen LogP contribution in [-0.2, 0) is 0 Å². The Hall–Kier alpha value is -2.94. The summed E-state index contributed by atoms with van der Waals surface area (Å²) in [4.78, 5) is 14.8. The normalized spacial score (nSPS) is 10.1. The summed E-state index contributed by atoms with van der Waals surface area (Å²) in [5, 5.41) is 9.37. The Morgan fingerprint density at radius 3 is 2.04 bits per heavy atom. The van der Waals surface area contributed by atoms with E-state index in [-0.39, 0.29) is 5.56 Å². The fraction of sp³-hybridized carbons (Fsp3) is 0.294. The minimum Gasteiger partial charge on any atom is -0.493 e. The van der Waals surface area contributed by atoms with Gasteiger partial charge in [0.1, 0.15) is 11.6 Å². The second-order valence-electron chi connectivity index (χ2n) is 4.98. The van der Waals surface area contributed by atoms with Crippen molar-refractivity contribution in [2.24, 2.45) is 0 Å². The third kappa shape index (κ3) is 2.73. The summed E-state index contributed by atoms with van der Waals surface area (Å²) in [6.45, 7) is 3.64. The molecule has 0 saturated heterocycles. The van der Waals surface area contributed by atoms with Crippen LogP contribution in [0.5, 0.6) is 17.2 Å². The molecule has 0 spiro atoms. The van der Waals surface area contributed by atoms with E-state index < -0.39 is 5.56 Å². The van der Waals surface area contributed by atoms with Crippen LogP contribution in [0, 0.1) is 25.2 Å². The van der Waals surface area contributed by atoms with Crippen LogP contribution in [0.2, 0.25) is 0 Å². The fourth-order valence-electron chi connectivity index (χ4n) is 2.51. The van der Waals surface area contributed by atoms with Gasteiger partial charge in [-0.3, -0.25) is 4.79 Å². The molecule has 120 valence electrons. The molecule has 0 aliphatic carbocycles. The van der Waals surface area contributed by atoms with Crippen LogP contribution >= 0.6 is 0 Å². The first kappa shape index (κ1) is 16.4.